The lowest BCUT2D eigenvalue weighted by Crippen LogP contribution is -2.42. The van der Waals surface area contributed by atoms with Crippen molar-refractivity contribution < 1.29 is 4.79 Å². The Morgan fingerprint density at radius 1 is 1.00 bits per heavy atom. The molecular weight excluding hydrogens is 364 g/mol. The standard InChI is InChI=1S/C23H24N4O2/c28-22-9-8-21(20-7-4-12-24-16-20)25-27(22)17-23(29)26-13-10-19(11-14-26)15-18-5-2-1-3-6-18/h1-9,12,16,19H,10-11,13-15,17H2. The van der Waals surface area contributed by atoms with Gasteiger partial charge in [-0.3, -0.25) is 14.6 Å². The molecule has 2 aromatic heterocycles. The van der Waals surface area contributed by atoms with Crippen molar-refractivity contribution in [2.45, 2.75) is 25.8 Å². The molecule has 1 saturated heterocycles. The number of piperidine rings is 1. The summed E-state index contributed by atoms with van der Waals surface area (Å²) in [4.78, 5) is 30.9. The van der Waals surface area contributed by atoms with Gasteiger partial charge in [0.25, 0.3) is 5.56 Å². The van der Waals surface area contributed by atoms with Crippen LogP contribution in [0.1, 0.15) is 18.4 Å². The van der Waals surface area contributed by atoms with Crippen LogP contribution in [0.5, 0.6) is 0 Å². The lowest BCUT2D eigenvalue weighted by atomic mass is 9.90. The van der Waals surface area contributed by atoms with Gasteiger partial charge in [0.15, 0.2) is 0 Å². The van der Waals surface area contributed by atoms with E-state index in [2.05, 4.69) is 34.3 Å². The van der Waals surface area contributed by atoms with Gasteiger partial charge in [-0.1, -0.05) is 30.3 Å². The number of rotatable bonds is 5. The van der Waals surface area contributed by atoms with Gasteiger partial charge in [0, 0.05) is 37.1 Å². The van der Waals surface area contributed by atoms with E-state index < -0.39 is 0 Å². The van der Waals surface area contributed by atoms with Crippen LogP contribution in [-0.4, -0.2) is 38.7 Å². The first-order valence-corrected chi connectivity index (χ1v) is 9.99. The smallest absolute Gasteiger partial charge is 0.267 e. The molecule has 1 aliphatic rings. The van der Waals surface area contributed by atoms with E-state index in [9.17, 15) is 9.59 Å². The number of hydrogen-bond donors (Lipinski definition) is 0. The Hall–Kier alpha value is -3.28. The number of aromatic nitrogens is 3. The van der Waals surface area contributed by atoms with E-state index >= 15 is 0 Å². The molecule has 0 unspecified atom stereocenters. The zero-order valence-corrected chi connectivity index (χ0v) is 16.3. The van der Waals surface area contributed by atoms with Crippen molar-refractivity contribution in [3.63, 3.8) is 0 Å². The van der Waals surface area contributed by atoms with Crippen LogP contribution < -0.4 is 5.56 Å². The molecule has 0 N–H and O–H groups in total. The summed E-state index contributed by atoms with van der Waals surface area (Å²) < 4.78 is 1.25. The van der Waals surface area contributed by atoms with Crippen molar-refractivity contribution in [2.24, 2.45) is 5.92 Å². The van der Waals surface area contributed by atoms with Crippen LogP contribution in [0.4, 0.5) is 0 Å². The third-order valence-electron chi connectivity index (χ3n) is 5.44. The molecule has 6 heteroatoms. The molecule has 6 nitrogen and oxygen atoms in total. The van der Waals surface area contributed by atoms with Crippen LogP contribution in [0.15, 0.2) is 71.8 Å². The molecule has 4 rings (SSSR count). The van der Waals surface area contributed by atoms with Gasteiger partial charge in [-0.2, -0.15) is 5.10 Å². The maximum absolute atomic E-state index is 12.7. The lowest BCUT2D eigenvalue weighted by Gasteiger charge is -2.32. The Morgan fingerprint density at radius 3 is 2.52 bits per heavy atom. The minimum absolute atomic E-state index is 0.0315. The van der Waals surface area contributed by atoms with Crippen LogP contribution in [0.25, 0.3) is 11.3 Å². The minimum Gasteiger partial charge on any atom is -0.341 e. The third-order valence-corrected chi connectivity index (χ3v) is 5.44. The fraction of sp³-hybridized carbons (Fsp3) is 0.304. The normalized spacial score (nSPS) is 14.7. The molecule has 1 fully saturated rings. The zero-order valence-electron chi connectivity index (χ0n) is 16.3. The predicted octanol–water partition coefficient (Wildman–Crippen LogP) is 2.79. The Labute approximate surface area is 169 Å². The van der Waals surface area contributed by atoms with Crippen LogP contribution >= 0.6 is 0 Å². The van der Waals surface area contributed by atoms with Crippen molar-refractivity contribution in [2.75, 3.05) is 13.1 Å². The summed E-state index contributed by atoms with van der Waals surface area (Å²) in [6.45, 7) is 1.43. The molecular formula is C23H24N4O2. The highest BCUT2D eigenvalue weighted by Gasteiger charge is 2.23. The number of carbonyl (C=O) groups excluding carboxylic acids is 1. The monoisotopic (exact) mass is 388 g/mol. The fourth-order valence-corrected chi connectivity index (χ4v) is 3.79. The number of amides is 1. The fourth-order valence-electron chi connectivity index (χ4n) is 3.79. The molecule has 0 atom stereocenters. The summed E-state index contributed by atoms with van der Waals surface area (Å²) >= 11 is 0. The highest BCUT2D eigenvalue weighted by atomic mass is 16.2. The van der Waals surface area contributed by atoms with Gasteiger partial charge in [0.1, 0.15) is 6.54 Å². The topological polar surface area (TPSA) is 68.1 Å². The largest absolute Gasteiger partial charge is 0.341 e. The second-order valence-electron chi connectivity index (χ2n) is 7.47. The Bertz CT molecular complexity index is 1010. The average molecular weight is 388 g/mol. The summed E-state index contributed by atoms with van der Waals surface area (Å²) in [6, 6.07) is 17.3. The van der Waals surface area contributed by atoms with E-state index in [0.29, 0.717) is 11.6 Å². The SMILES string of the molecule is O=C(Cn1nc(-c2cccnc2)ccc1=O)N1CCC(Cc2ccccc2)CC1. The maximum atomic E-state index is 12.7. The van der Waals surface area contributed by atoms with E-state index in [1.165, 1.54) is 16.3 Å². The molecule has 0 saturated carbocycles. The lowest BCUT2D eigenvalue weighted by molar-refractivity contribution is -0.133. The molecule has 3 aromatic rings. The number of benzene rings is 1. The van der Waals surface area contributed by atoms with Crippen LogP contribution in [0.3, 0.4) is 0 Å². The van der Waals surface area contributed by atoms with Gasteiger partial charge in [0.05, 0.1) is 5.69 Å². The van der Waals surface area contributed by atoms with Gasteiger partial charge < -0.3 is 4.90 Å². The Balaban J connectivity index is 1.37. The summed E-state index contributed by atoms with van der Waals surface area (Å²) in [5.41, 5.74) is 2.52. The Kier molecular flexibility index (Phi) is 5.79. The molecule has 0 radical (unpaired) electrons. The van der Waals surface area contributed by atoms with Crippen LogP contribution in [0, 0.1) is 5.92 Å². The van der Waals surface area contributed by atoms with E-state index in [1.807, 2.05) is 23.1 Å². The third kappa shape index (κ3) is 4.77. The summed E-state index contributed by atoms with van der Waals surface area (Å²) in [5, 5.41) is 4.36. The van der Waals surface area contributed by atoms with Crippen molar-refractivity contribution in [3.8, 4) is 11.3 Å². The van der Waals surface area contributed by atoms with Crippen molar-refractivity contribution >= 4 is 5.91 Å². The molecule has 3 heterocycles. The molecule has 0 spiro atoms. The van der Waals surface area contributed by atoms with Gasteiger partial charge >= 0.3 is 0 Å². The molecule has 1 aromatic carbocycles. The Morgan fingerprint density at radius 2 is 1.79 bits per heavy atom. The molecule has 148 valence electrons. The summed E-state index contributed by atoms with van der Waals surface area (Å²) in [6.07, 6.45) is 6.40. The van der Waals surface area contributed by atoms with Gasteiger partial charge in [-0.15, -0.1) is 0 Å². The number of likely N-dealkylation sites (tertiary alicyclic amines) is 1. The first kappa shape index (κ1) is 19.1. The highest BCUT2D eigenvalue weighted by molar-refractivity contribution is 5.76. The molecule has 1 amide bonds. The molecule has 1 aliphatic heterocycles. The first-order valence-electron chi connectivity index (χ1n) is 9.99. The van der Waals surface area contributed by atoms with E-state index in [4.69, 9.17) is 0 Å². The average Bonchev–Trinajstić information content (AvgIpc) is 2.77. The van der Waals surface area contributed by atoms with Crippen LogP contribution in [-0.2, 0) is 17.8 Å². The van der Waals surface area contributed by atoms with Crippen molar-refractivity contribution in [3.05, 3.63) is 82.9 Å². The first-order chi connectivity index (χ1) is 14.2. The second-order valence-corrected chi connectivity index (χ2v) is 7.47. The number of carbonyl (C=O) groups is 1. The predicted molar refractivity (Wildman–Crippen MR) is 111 cm³/mol. The number of hydrogen-bond acceptors (Lipinski definition) is 4. The minimum atomic E-state index is -0.273. The molecule has 29 heavy (non-hydrogen) atoms. The summed E-state index contributed by atoms with van der Waals surface area (Å²) in [5.74, 6) is 0.539. The van der Waals surface area contributed by atoms with Crippen molar-refractivity contribution in [1.82, 2.24) is 19.7 Å². The number of pyridine rings is 1. The van der Waals surface area contributed by atoms with E-state index in [1.54, 1.807) is 18.5 Å². The maximum Gasteiger partial charge on any atom is 0.267 e. The van der Waals surface area contributed by atoms with Gasteiger partial charge in [-0.05, 0) is 48.9 Å². The second kappa shape index (κ2) is 8.82. The quantitative estimate of drug-likeness (QED) is 0.674. The molecule has 0 bridgehead atoms. The van der Waals surface area contributed by atoms with Gasteiger partial charge in [0.2, 0.25) is 5.91 Å². The van der Waals surface area contributed by atoms with Crippen LogP contribution in [0.2, 0.25) is 0 Å². The number of nitrogens with zero attached hydrogens (tertiary/aromatic N) is 4. The van der Waals surface area contributed by atoms with Gasteiger partial charge in [-0.25, -0.2) is 4.68 Å². The van der Waals surface area contributed by atoms with E-state index in [0.717, 1.165) is 37.9 Å². The summed E-state index contributed by atoms with van der Waals surface area (Å²) in [7, 11) is 0. The van der Waals surface area contributed by atoms with E-state index in [-0.39, 0.29) is 18.0 Å². The highest BCUT2D eigenvalue weighted by Crippen LogP contribution is 2.22. The molecule has 0 aliphatic carbocycles. The zero-order chi connectivity index (χ0) is 20.1. The van der Waals surface area contributed by atoms with Crippen molar-refractivity contribution in [1.29, 1.82) is 0 Å².